The molecule has 5 rings (SSSR count). The number of pyridine rings is 1. The highest BCUT2D eigenvalue weighted by Crippen LogP contribution is 2.30. The van der Waals surface area contributed by atoms with E-state index in [4.69, 9.17) is 9.84 Å². The number of nitrogens with one attached hydrogen (secondary N) is 1. The minimum atomic E-state index is -0.220. The molecule has 1 atom stereocenters. The summed E-state index contributed by atoms with van der Waals surface area (Å²) >= 11 is 0. The van der Waals surface area contributed by atoms with Gasteiger partial charge in [0.1, 0.15) is 17.3 Å². The number of aromatic amines is 1. The predicted octanol–water partition coefficient (Wildman–Crippen LogP) is 5.50. The predicted molar refractivity (Wildman–Crippen MR) is 142 cm³/mol. The van der Waals surface area contributed by atoms with Crippen LogP contribution in [-0.2, 0) is 6.54 Å². The summed E-state index contributed by atoms with van der Waals surface area (Å²) in [7, 11) is 3.56. The largest absolute Gasteiger partial charge is 0.496 e. The summed E-state index contributed by atoms with van der Waals surface area (Å²) in [4.78, 5) is 6.41. The summed E-state index contributed by atoms with van der Waals surface area (Å²) in [6.07, 6.45) is 5.67. The molecule has 2 aromatic carbocycles. The molecular formula is C28H31FN6O. The Morgan fingerprint density at radius 1 is 1.22 bits per heavy atom. The zero-order valence-corrected chi connectivity index (χ0v) is 20.9. The van der Waals surface area contributed by atoms with Crippen molar-refractivity contribution < 1.29 is 9.13 Å². The van der Waals surface area contributed by atoms with E-state index in [9.17, 15) is 4.39 Å². The Morgan fingerprint density at radius 2 is 2.06 bits per heavy atom. The Morgan fingerprint density at radius 3 is 2.86 bits per heavy atom. The van der Waals surface area contributed by atoms with E-state index < -0.39 is 0 Å². The molecule has 1 saturated heterocycles. The van der Waals surface area contributed by atoms with Gasteiger partial charge in [-0.1, -0.05) is 6.07 Å². The second-order valence-electron chi connectivity index (χ2n) is 9.30. The van der Waals surface area contributed by atoms with E-state index in [0.717, 1.165) is 59.5 Å². The van der Waals surface area contributed by atoms with Crippen LogP contribution in [-0.4, -0.2) is 53.0 Å². The Kier molecular flexibility index (Phi) is 6.95. The first-order valence-electron chi connectivity index (χ1n) is 12.2. The van der Waals surface area contributed by atoms with Crippen molar-refractivity contribution in [2.75, 3.05) is 32.3 Å². The molecule has 36 heavy (non-hydrogen) atoms. The monoisotopic (exact) mass is 486 g/mol. The van der Waals surface area contributed by atoms with E-state index >= 15 is 0 Å². The number of nitrogens with zero attached hydrogens (tertiary/aromatic N) is 5. The highest BCUT2D eigenvalue weighted by Gasteiger charge is 2.24. The lowest BCUT2D eigenvalue weighted by Gasteiger charge is -2.33. The Bertz CT molecular complexity index is 1370. The number of halogens is 1. The number of methoxy groups -OCH3 is 1. The van der Waals surface area contributed by atoms with Gasteiger partial charge in [-0.05, 0) is 68.8 Å². The van der Waals surface area contributed by atoms with Crippen molar-refractivity contribution in [1.29, 1.82) is 0 Å². The molecular weight excluding hydrogens is 455 g/mol. The van der Waals surface area contributed by atoms with E-state index in [1.807, 2.05) is 42.4 Å². The molecule has 0 spiro atoms. The number of hydrogen-bond donors (Lipinski definition) is 1. The molecule has 1 N–H and O–H groups in total. The average Bonchev–Trinajstić information content (AvgIpc) is 3.34. The van der Waals surface area contributed by atoms with Crippen molar-refractivity contribution in [2.45, 2.75) is 26.3 Å². The van der Waals surface area contributed by atoms with Gasteiger partial charge in [0.25, 0.3) is 0 Å². The third kappa shape index (κ3) is 4.95. The average molecular weight is 487 g/mol. The molecule has 2 aromatic heterocycles. The summed E-state index contributed by atoms with van der Waals surface area (Å²) in [6, 6.07) is 15.1. The molecule has 186 valence electrons. The molecule has 4 aromatic rings. The smallest absolute Gasteiger partial charge is 0.131 e. The first kappa shape index (κ1) is 23.9. The number of piperidine rings is 1. The van der Waals surface area contributed by atoms with Gasteiger partial charge >= 0.3 is 0 Å². The standard InChI is InChI=1S/C28H31FN6O/c1-19(21-6-5-15-35(17-21)18-24-25(29)7-4-8-27(24)36-3)33-34(2)22-9-10-26-23(16-22)28(32-31-26)20-11-13-30-14-12-20/h4,7-14,16,21H,5-6,15,17-18H2,1-3H3,(H,31,32)/b33-19+. The van der Waals surface area contributed by atoms with Gasteiger partial charge in [-0.2, -0.15) is 10.2 Å². The third-order valence-electron chi connectivity index (χ3n) is 6.96. The number of H-pyrrole nitrogens is 1. The molecule has 1 aliphatic heterocycles. The van der Waals surface area contributed by atoms with Crippen molar-refractivity contribution in [1.82, 2.24) is 20.1 Å². The van der Waals surface area contributed by atoms with Gasteiger partial charge in [-0.15, -0.1) is 0 Å². The first-order chi connectivity index (χ1) is 17.5. The van der Waals surface area contributed by atoms with Crippen LogP contribution >= 0.6 is 0 Å². The fourth-order valence-corrected chi connectivity index (χ4v) is 4.96. The lowest BCUT2D eigenvalue weighted by atomic mass is 9.93. The Balaban J connectivity index is 1.32. The molecule has 0 aliphatic carbocycles. The second kappa shape index (κ2) is 10.5. The van der Waals surface area contributed by atoms with Gasteiger partial charge in [-0.25, -0.2) is 4.39 Å². The number of ether oxygens (including phenoxy) is 1. The molecule has 0 radical (unpaired) electrons. The summed E-state index contributed by atoms with van der Waals surface area (Å²) < 4.78 is 19.9. The number of hydrazone groups is 1. The van der Waals surface area contributed by atoms with Gasteiger partial charge in [-0.3, -0.25) is 20.0 Å². The summed E-state index contributed by atoms with van der Waals surface area (Å²) in [5.74, 6) is 0.689. The van der Waals surface area contributed by atoms with Crippen LogP contribution in [0.5, 0.6) is 5.75 Å². The minimum Gasteiger partial charge on any atom is -0.496 e. The van der Waals surface area contributed by atoms with Crippen molar-refractivity contribution in [3.05, 3.63) is 72.3 Å². The number of aromatic nitrogens is 3. The van der Waals surface area contributed by atoms with Crippen molar-refractivity contribution in [2.24, 2.45) is 11.0 Å². The number of hydrogen-bond acceptors (Lipinski definition) is 6. The summed E-state index contributed by atoms with van der Waals surface area (Å²) in [6.45, 7) is 4.40. The summed E-state index contributed by atoms with van der Waals surface area (Å²) in [5.41, 5.74) is 5.57. The van der Waals surface area contributed by atoms with Gasteiger partial charge < -0.3 is 4.74 Å². The molecule has 1 unspecified atom stereocenters. The van der Waals surface area contributed by atoms with E-state index in [2.05, 4.69) is 33.1 Å². The molecule has 8 heteroatoms. The van der Waals surface area contributed by atoms with E-state index in [1.165, 1.54) is 6.07 Å². The minimum absolute atomic E-state index is 0.220. The molecule has 7 nitrogen and oxygen atoms in total. The van der Waals surface area contributed by atoms with Crippen LogP contribution < -0.4 is 9.75 Å². The maximum Gasteiger partial charge on any atom is 0.131 e. The SMILES string of the molecule is COc1cccc(F)c1CN1CCCC(/C(C)=N/N(C)c2ccc3[nH]nc(-c4ccncc4)c3c2)C1. The molecule has 0 amide bonds. The van der Waals surface area contributed by atoms with Crippen molar-refractivity contribution in [3.63, 3.8) is 0 Å². The van der Waals surface area contributed by atoms with Crippen LogP contribution in [0.3, 0.4) is 0 Å². The lowest BCUT2D eigenvalue weighted by molar-refractivity contribution is 0.192. The third-order valence-corrected chi connectivity index (χ3v) is 6.96. The number of likely N-dealkylation sites (tertiary alicyclic amines) is 1. The van der Waals surface area contributed by atoms with Crippen LogP contribution in [0.25, 0.3) is 22.2 Å². The van der Waals surface area contributed by atoms with E-state index in [0.29, 0.717) is 23.8 Å². The van der Waals surface area contributed by atoms with Crippen LogP contribution in [0, 0.1) is 11.7 Å². The topological polar surface area (TPSA) is 69.6 Å². The fourth-order valence-electron chi connectivity index (χ4n) is 4.96. The number of rotatable bonds is 7. The van der Waals surface area contributed by atoms with Gasteiger partial charge in [0.15, 0.2) is 0 Å². The Labute approximate surface area is 210 Å². The van der Waals surface area contributed by atoms with Crippen LogP contribution in [0.2, 0.25) is 0 Å². The maximum atomic E-state index is 14.5. The normalized spacial score (nSPS) is 16.9. The molecule has 0 bridgehead atoms. The van der Waals surface area contributed by atoms with E-state index in [1.54, 1.807) is 25.6 Å². The quantitative estimate of drug-likeness (QED) is 0.276. The fraction of sp³-hybridized carbons (Fsp3) is 0.321. The second-order valence-corrected chi connectivity index (χ2v) is 9.30. The molecule has 0 saturated carbocycles. The van der Waals surface area contributed by atoms with Gasteiger partial charge in [0, 0.05) is 60.7 Å². The van der Waals surface area contributed by atoms with Crippen molar-refractivity contribution >= 4 is 22.3 Å². The van der Waals surface area contributed by atoms with Crippen LogP contribution in [0.1, 0.15) is 25.3 Å². The Hall–Kier alpha value is -3.78. The molecule has 1 aliphatic rings. The number of anilines is 1. The molecule has 3 heterocycles. The zero-order chi connectivity index (χ0) is 25.1. The maximum absolute atomic E-state index is 14.5. The summed E-state index contributed by atoms with van der Waals surface area (Å²) in [5, 5.41) is 15.5. The highest BCUT2D eigenvalue weighted by molar-refractivity contribution is 5.95. The van der Waals surface area contributed by atoms with Crippen molar-refractivity contribution in [3.8, 4) is 17.0 Å². The van der Waals surface area contributed by atoms with Gasteiger partial charge in [0.05, 0.1) is 18.3 Å². The number of fused-ring (bicyclic) bond motifs is 1. The number of benzene rings is 2. The zero-order valence-electron chi connectivity index (χ0n) is 20.9. The highest BCUT2D eigenvalue weighted by atomic mass is 19.1. The molecule has 1 fully saturated rings. The van der Waals surface area contributed by atoms with Crippen LogP contribution in [0.15, 0.2) is 66.0 Å². The van der Waals surface area contributed by atoms with Crippen LogP contribution in [0.4, 0.5) is 10.1 Å². The van der Waals surface area contributed by atoms with E-state index in [-0.39, 0.29) is 5.82 Å². The van der Waals surface area contributed by atoms with Gasteiger partial charge in [0.2, 0.25) is 0 Å². The first-order valence-corrected chi connectivity index (χ1v) is 12.2. The lowest BCUT2D eigenvalue weighted by Crippen LogP contribution is -2.38.